The maximum atomic E-state index is 12.7. The number of aliphatic hydroxyl groups is 1. The second-order valence-corrected chi connectivity index (χ2v) is 9.25. The second-order valence-electron chi connectivity index (χ2n) is 8.84. The number of hydrogen-bond acceptors (Lipinski definition) is 4. The van der Waals surface area contributed by atoms with Crippen LogP contribution in [0.1, 0.15) is 62.7 Å². The van der Waals surface area contributed by atoms with Gasteiger partial charge in [0.25, 0.3) is 5.91 Å². The number of carbonyl (C=O) groups excluding carboxylic acids is 1. The average molecular weight is 402 g/mol. The van der Waals surface area contributed by atoms with Gasteiger partial charge in [-0.3, -0.25) is 9.78 Å². The Morgan fingerprint density at radius 2 is 1.79 bits per heavy atom. The molecule has 0 aliphatic heterocycles. The predicted octanol–water partition coefficient (Wildman–Crippen LogP) is 4.52. The van der Waals surface area contributed by atoms with Gasteiger partial charge in [0.05, 0.1) is 27.4 Å². The Morgan fingerprint density at radius 3 is 2.43 bits per heavy atom. The molecule has 0 saturated heterocycles. The van der Waals surface area contributed by atoms with E-state index >= 15 is 0 Å². The smallest absolute Gasteiger partial charge is 0.253 e. The Bertz CT molecular complexity index is 881. The summed E-state index contributed by atoms with van der Waals surface area (Å²) in [6, 6.07) is 6.35. The van der Waals surface area contributed by atoms with Crippen molar-refractivity contribution in [2.45, 2.75) is 70.1 Å². The standard InChI is InChI=1S/C22H28ClN3O2/c1-22(2,28)15-3-5-17(6-4-15)26-21(27)14-9-13-10-18(23)20(25-16-7-8-16)11-19(13)24-12-14/h9-12,15-17,25,28H,3-8H2,1-2H3,(H,26,27)/t15-,17-. The lowest BCUT2D eigenvalue weighted by molar-refractivity contribution is -0.00257. The van der Waals surface area contributed by atoms with Crippen LogP contribution in [0, 0.1) is 5.92 Å². The van der Waals surface area contributed by atoms with Gasteiger partial charge in [0, 0.05) is 23.7 Å². The first kappa shape index (κ1) is 19.5. The summed E-state index contributed by atoms with van der Waals surface area (Å²) in [4.78, 5) is 17.2. The number of pyridine rings is 1. The van der Waals surface area contributed by atoms with Gasteiger partial charge in [-0.2, -0.15) is 0 Å². The van der Waals surface area contributed by atoms with Crippen molar-refractivity contribution in [1.29, 1.82) is 0 Å². The van der Waals surface area contributed by atoms with Crippen LogP contribution in [0.2, 0.25) is 5.02 Å². The van der Waals surface area contributed by atoms with E-state index < -0.39 is 5.60 Å². The molecule has 4 rings (SSSR count). The topological polar surface area (TPSA) is 74.2 Å². The molecule has 150 valence electrons. The van der Waals surface area contributed by atoms with Gasteiger partial charge in [0.15, 0.2) is 0 Å². The van der Waals surface area contributed by atoms with E-state index in [2.05, 4.69) is 15.6 Å². The molecule has 5 nitrogen and oxygen atoms in total. The molecule has 0 radical (unpaired) electrons. The number of carbonyl (C=O) groups is 1. The Morgan fingerprint density at radius 1 is 1.11 bits per heavy atom. The fourth-order valence-corrected chi connectivity index (χ4v) is 4.27. The normalized spacial score (nSPS) is 22.9. The Balaban J connectivity index is 1.43. The van der Waals surface area contributed by atoms with Gasteiger partial charge < -0.3 is 15.7 Å². The summed E-state index contributed by atoms with van der Waals surface area (Å²) in [7, 11) is 0. The third kappa shape index (κ3) is 4.41. The monoisotopic (exact) mass is 401 g/mol. The highest BCUT2D eigenvalue weighted by Crippen LogP contribution is 2.34. The highest BCUT2D eigenvalue weighted by atomic mass is 35.5. The van der Waals surface area contributed by atoms with Crippen LogP contribution in [0.3, 0.4) is 0 Å². The number of nitrogens with zero attached hydrogens (tertiary/aromatic N) is 1. The number of hydrogen-bond donors (Lipinski definition) is 3. The first-order valence-electron chi connectivity index (χ1n) is 10.2. The summed E-state index contributed by atoms with van der Waals surface area (Å²) < 4.78 is 0. The molecule has 3 N–H and O–H groups in total. The van der Waals surface area contributed by atoms with Gasteiger partial charge >= 0.3 is 0 Å². The van der Waals surface area contributed by atoms with Crippen LogP contribution in [0.25, 0.3) is 10.9 Å². The molecular weight excluding hydrogens is 374 g/mol. The number of benzene rings is 1. The van der Waals surface area contributed by atoms with E-state index in [0.29, 0.717) is 22.5 Å². The predicted molar refractivity (Wildman–Crippen MR) is 113 cm³/mol. The van der Waals surface area contributed by atoms with Crippen LogP contribution >= 0.6 is 11.6 Å². The summed E-state index contributed by atoms with van der Waals surface area (Å²) >= 11 is 6.40. The molecule has 1 aromatic carbocycles. The molecule has 0 bridgehead atoms. The van der Waals surface area contributed by atoms with E-state index in [1.165, 1.54) is 12.8 Å². The van der Waals surface area contributed by atoms with Crippen molar-refractivity contribution in [1.82, 2.24) is 10.3 Å². The van der Waals surface area contributed by atoms with Gasteiger partial charge in [-0.1, -0.05) is 11.6 Å². The number of anilines is 1. The van der Waals surface area contributed by atoms with E-state index in [1.807, 2.05) is 32.0 Å². The number of halogens is 1. The van der Waals surface area contributed by atoms with Gasteiger partial charge in [-0.15, -0.1) is 0 Å². The number of aromatic nitrogens is 1. The van der Waals surface area contributed by atoms with Crippen LogP contribution in [0.15, 0.2) is 24.4 Å². The lowest BCUT2D eigenvalue weighted by Gasteiger charge is -2.36. The highest BCUT2D eigenvalue weighted by Gasteiger charge is 2.31. The second kappa shape index (κ2) is 7.53. The third-order valence-electron chi connectivity index (χ3n) is 6.03. The molecule has 2 fully saturated rings. The first-order valence-corrected chi connectivity index (χ1v) is 10.6. The van der Waals surface area contributed by atoms with Crippen LogP contribution in [0.4, 0.5) is 5.69 Å². The Labute approximate surface area is 170 Å². The van der Waals surface area contributed by atoms with Gasteiger partial charge in [-0.25, -0.2) is 0 Å². The van der Waals surface area contributed by atoms with E-state index in [9.17, 15) is 9.90 Å². The number of nitrogens with one attached hydrogen (secondary N) is 2. The van der Waals surface area contributed by atoms with Crippen molar-refractivity contribution in [2.24, 2.45) is 5.92 Å². The SMILES string of the molecule is CC(C)(O)[C@H]1CC[C@H](NC(=O)c2cnc3cc(NC4CC4)c(Cl)cc3c2)CC1. The van der Waals surface area contributed by atoms with E-state index in [1.54, 1.807) is 6.20 Å². The molecule has 1 aromatic heterocycles. The molecule has 0 atom stereocenters. The minimum absolute atomic E-state index is 0.0996. The van der Waals surface area contributed by atoms with E-state index in [0.717, 1.165) is 42.3 Å². The Hall–Kier alpha value is -1.85. The lowest BCUT2D eigenvalue weighted by Crippen LogP contribution is -2.41. The fraction of sp³-hybridized carbons (Fsp3) is 0.545. The van der Waals surface area contributed by atoms with Crippen LogP contribution in [-0.4, -0.2) is 33.7 Å². The molecule has 2 aliphatic rings. The van der Waals surface area contributed by atoms with Crippen molar-refractivity contribution < 1.29 is 9.90 Å². The summed E-state index contributed by atoms with van der Waals surface area (Å²) in [6.07, 6.45) is 7.63. The zero-order valence-electron chi connectivity index (χ0n) is 16.5. The molecule has 6 heteroatoms. The average Bonchev–Trinajstić information content (AvgIpc) is 3.46. The van der Waals surface area contributed by atoms with Gasteiger partial charge in [-0.05, 0) is 76.5 Å². The zero-order chi connectivity index (χ0) is 19.9. The number of rotatable bonds is 5. The van der Waals surface area contributed by atoms with Crippen LogP contribution in [-0.2, 0) is 0 Å². The summed E-state index contributed by atoms with van der Waals surface area (Å²) in [5.74, 6) is 0.195. The molecule has 28 heavy (non-hydrogen) atoms. The Kier molecular flexibility index (Phi) is 5.23. The van der Waals surface area contributed by atoms with Crippen molar-refractivity contribution >= 4 is 34.1 Å². The van der Waals surface area contributed by atoms with Crippen LogP contribution in [0.5, 0.6) is 0 Å². The zero-order valence-corrected chi connectivity index (χ0v) is 17.2. The fourth-order valence-electron chi connectivity index (χ4n) is 4.04. The number of fused-ring (bicyclic) bond motifs is 1. The molecule has 2 aromatic rings. The maximum absolute atomic E-state index is 12.7. The lowest BCUT2D eigenvalue weighted by atomic mass is 9.77. The van der Waals surface area contributed by atoms with Crippen molar-refractivity contribution in [2.75, 3.05) is 5.32 Å². The molecule has 2 aliphatic carbocycles. The van der Waals surface area contributed by atoms with Gasteiger partial charge in [0.2, 0.25) is 0 Å². The summed E-state index contributed by atoms with van der Waals surface area (Å²) in [6.45, 7) is 3.74. The largest absolute Gasteiger partial charge is 0.390 e. The molecular formula is C22H28ClN3O2. The summed E-state index contributed by atoms with van der Waals surface area (Å²) in [5.41, 5.74) is 1.64. The van der Waals surface area contributed by atoms with Crippen molar-refractivity contribution in [3.05, 3.63) is 35.0 Å². The van der Waals surface area contributed by atoms with Crippen molar-refractivity contribution in [3.63, 3.8) is 0 Å². The molecule has 0 unspecified atom stereocenters. The highest BCUT2D eigenvalue weighted by molar-refractivity contribution is 6.34. The quantitative estimate of drug-likeness (QED) is 0.688. The van der Waals surface area contributed by atoms with Crippen molar-refractivity contribution in [3.8, 4) is 0 Å². The van der Waals surface area contributed by atoms with Crippen LogP contribution < -0.4 is 10.6 Å². The minimum Gasteiger partial charge on any atom is -0.390 e. The number of amides is 1. The minimum atomic E-state index is -0.649. The van der Waals surface area contributed by atoms with E-state index in [-0.39, 0.29) is 11.9 Å². The maximum Gasteiger partial charge on any atom is 0.253 e. The first-order chi connectivity index (χ1) is 13.3. The third-order valence-corrected chi connectivity index (χ3v) is 6.34. The van der Waals surface area contributed by atoms with Gasteiger partial charge in [0.1, 0.15) is 0 Å². The molecule has 2 saturated carbocycles. The molecule has 0 spiro atoms. The molecule has 1 heterocycles. The molecule has 1 amide bonds. The summed E-state index contributed by atoms with van der Waals surface area (Å²) in [5, 5.41) is 18.2. The van der Waals surface area contributed by atoms with E-state index in [4.69, 9.17) is 11.6 Å².